The van der Waals surface area contributed by atoms with Crippen LogP contribution in [0.25, 0.3) is 0 Å². The van der Waals surface area contributed by atoms with Gasteiger partial charge in [-0.25, -0.2) is 4.98 Å². The Kier molecular flexibility index (Phi) is 3.51. The number of nitrogens with zero attached hydrogens (tertiary/aromatic N) is 1. The van der Waals surface area contributed by atoms with Gasteiger partial charge in [-0.15, -0.1) is 0 Å². The normalized spacial score (nSPS) is 10.3. The molecular weight excluding hydrogens is 238 g/mol. The Balaban J connectivity index is 2.43. The van der Waals surface area contributed by atoms with E-state index in [-0.39, 0.29) is 5.84 Å². The maximum atomic E-state index is 7.63. The highest BCUT2D eigenvalue weighted by Crippen LogP contribution is 2.26. The Hall–Kier alpha value is -2.36. The maximum absolute atomic E-state index is 7.63. The van der Waals surface area contributed by atoms with Crippen molar-refractivity contribution in [1.82, 2.24) is 4.98 Å². The summed E-state index contributed by atoms with van der Waals surface area (Å²) in [4.78, 5) is 4.17. The lowest BCUT2D eigenvalue weighted by Gasteiger charge is -2.12. The zero-order valence-corrected chi connectivity index (χ0v) is 11.3. The number of aromatic nitrogens is 1. The largest absolute Gasteiger partial charge is 0.438 e. The van der Waals surface area contributed by atoms with Crippen molar-refractivity contribution in [2.75, 3.05) is 0 Å². The number of nitrogens with one attached hydrogen (secondary N) is 1. The molecule has 19 heavy (non-hydrogen) atoms. The first kappa shape index (κ1) is 13.1. The van der Waals surface area contributed by atoms with E-state index in [0.29, 0.717) is 17.2 Å². The van der Waals surface area contributed by atoms with Crippen LogP contribution in [0.5, 0.6) is 11.6 Å². The molecule has 98 valence electrons. The van der Waals surface area contributed by atoms with Crippen LogP contribution < -0.4 is 10.5 Å². The van der Waals surface area contributed by atoms with Crippen molar-refractivity contribution >= 4 is 5.84 Å². The minimum Gasteiger partial charge on any atom is -0.438 e. The zero-order valence-electron chi connectivity index (χ0n) is 11.3. The number of benzene rings is 1. The summed E-state index contributed by atoms with van der Waals surface area (Å²) in [5.74, 6) is 1.04. The molecule has 2 rings (SSSR count). The predicted octanol–water partition coefficient (Wildman–Crippen LogP) is 3.08. The third-order valence-electron chi connectivity index (χ3n) is 2.80. The molecule has 0 atom stereocenters. The van der Waals surface area contributed by atoms with E-state index in [9.17, 15) is 0 Å². The van der Waals surface area contributed by atoms with Crippen LogP contribution in [0, 0.1) is 26.2 Å². The Bertz CT molecular complexity index is 615. The molecule has 1 aromatic heterocycles. The Morgan fingerprint density at radius 1 is 1.16 bits per heavy atom. The van der Waals surface area contributed by atoms with Gasteiger partial charge in [-0.2, -0.15) is 0 Å². The standard InChI is InChI=1S/C15H17N3O/c1-9-6-10(2)8-12(7-9)19-15-13(14(16)17)11(3)4-5-18-15/h4-8H,1-3H3,(H3,16,17). The zero-order chi connectivity index (χ0) is 14.0. The van der Waals surface area contributed by atoms with Crippen LogP contribution in [0.1, 0.15) is 22.3 Å². The summed E-state index contributed by atoms with van der Waals surface area (Å²) in [6, 6.07) is 7.75. The first-order valence-corrected chi connectivity index (χ1v) is 6.03. The third kappa shape index (κ3) is 2.91. The summed E-state index contributed by atoms with van der Waals surface area (Å²) in [5.41, 5.74) is 9.25. The number of rotatable bonds is 3. The Morgan fingerprint density at radius 2 is 1.79 bits per heavy atom. The number of hydrogen-bond donors (Lipinski definition) is 2. The van der Waals surface area contributed by atoms with Crippen LogP contribution in [0.2, 0.25) is 0 Å². The second-order valence-corrected chi connectivity index (χ2v) is 4.65. The smallest absolute Gasteiger partial charge is 0.230 e. The number of ether oxygens (including phenoxy) is 1. The lowest BCUT2D eigenvalue weighted by Crippen LogP contribution is -2.14. The van der Waals surface area contributed by atoms with Gasteiger partial charge in [0.05, 0.1) is 5.56 Å². The van der Waals surface area contributed by atoms with Crippen molar-refractivity contribution < 1.29 is 4.74 Å². The fourth-order valence-electron chi connectivity index (χ4n) is 2.04. The maximum Gasteiger partial charge on any atom is 0.230 e. The first-order valence-electron chi connectivity index (χ1n) is 6.03. The number of nitrogen functional groups attached to an aromatic ring is 1. The summed E-state index contributed by atoms with van der Waals surface area (Å²) in [7, 11) is 0. The molecule has 0 aliphatic rings. The van der Waals surface area contributed by atoms with Crippen LogP contribution >= 0.6 is 0 Å². The van der Waals surface area contributed by atoms with E-state index in [4.69, 9.17) is 15.9 Å². The highest BCUT2D eigenvalue weighted by atomic mass is 16.5. The van der Waals surface area contributed by atoms with Crippen molar-refractivity contribution in [2.24, 2.45) is 5.73 Å². The number of nitrogens with two attached hydrogens (primary N) is 1. The van der Waals surface area contributed by atoms with E-state index in [1.54, 1.807) is 6.20 Å². The number of aryl methyl sites for hydroxylation is 3. The van der Waals surface area contributed by atoms with Gasteiger partial charge in [-0.05, 0) is 55.7 Å². The molecule has 0 unspecified atom stereocenters. The Labute approximate surface area is 112 Å². The summed E-state index contributed by atoms with van der Waals surface area (Å²) in [6.45, 7) is 5.90. The van der Waals surface area contributed by atoms with Gasteiger partial charge in [0.15, 0.2) is 0 Å². The summed E-state index contributed by atoms with van der Waals surface area (Å²) < 4.78 is 5.78. The van der Waals surface area contributed by atoms with Crippen molar-refractivity contribution in [3.8, 4) is 11.6 Å². The van der Waals surface area contributed by atoms with Gasteiger partial charge < -0.3 is 10.5 Å². The van der Waals surface area contributed by atoms with Crippen LogP contribution in [0.4, 0.5) is 0 Å². The molecule has 1 aromatic carbocycles. The molecule has 3 N–H and O–H groups in total. The molecule has 4 nitrogen and oxygen atoms in total. The molecule has 0 bridgehead atoms. The molecule has 0 amide bonds. The minimum absolute atomic E-state index is 0.0371. The van der Waals surface area contributed by atoms with E-state index >= 15 is 0 Å². The van der Waals surface area contributed by atoms with E-state index in [1.807, 2.05) is 39.0 Å². The first-order chi connectivity index (χ1) is 8.97. The topological polar surface area (TPSA) is 72.0 Å². The molecule has 4 heteroatoms. The number of hydrogen-bond acceptors (Lipinski definition) is 3. The van der Waals surface area contributed by atoms with Gasteiger partial charge in [-0.1, -0.05) is 6.07 Å². The molecule has 0 saturated carbocycles. The summed E-state index contributed by atoms with van der Waals surface area (Å²) >= 11 is 0. The summed E-state index contributed by atoms with van der Waals surface area (Å²) in [6.07, 6.45) is 1.65. The quantitative estimate of drug-likeness (QED) is 0.654. The van der Waals surface area contributed by atoms with Crippen LogP contribution in [-0.4, -0.2) is 10.8 Å². The molecule has 0 radical (unpaired) electrons. The van der Waals surface area contributed by atoms with E-state index in [1.165, 1.54) is 0 Å². The molecule has 0 saturated heterocycles. The van der Waals surface area contributed by atoms with Gasteiger partial charge in [-0.3, -0.25) is 5.41 Å². The molecule has 1 heterocycles. The molecule has 0 aliphatic heterocycles. The van der Waals surface area contributed by atoms with E-state index in [2.05, 4.69) is 11.1 Å². The van der Waals surface area contributed by atoms with E-state index in [0.717, 1.165) is 16.7 Å². The SMILES string of the molecule is Cc1cc(C)cc(Oc2nccc(C)c2C(=N)N)c1. The summed E-state index contributed by atoms with van der Waals surface area (Å²) in [5, 5.41) is 7.63. The lowest BCUT2D eigenvalue weighted by atomic mass is 10.1. The monoisotopic (exact) mass is 255 g/mol. The fourth-order valence-corrected chi connectivity index (χ4v) is 2.04. The number of amidine groups is 1. The van der Waals surface area contributed by atoms with Gasteiger partial charge >= 0.3 is 0 Å². The van der Waals surface area contributed by atoms with Crippen LogP contribution in [0.3, 0.4) is 0 Å². The van der Waals surface area contributed by atoms with Crippen molar-refractivity contribution in [1.29, 1.82) is 5.41 Å². The molecule has 0 spiro atoms. The molecule has 0 aliphatic carbocycles. The second kappa shape index (κ2) is 5.10. The van der Waals surface area contributed by atoms with Gasteiger partial charge in [0, 0.05) is 6.20 Å². The van der Waals surface area contributed by atoms with Crippen molar-refractivity contribution in [3.05, 3.63) is 52.7 Å². The highest BCUT2D eigenvalue weighted by Gasteiger charge is 2.12. The second-order valence-electron chi connectivity index (χ2n) is 4.65. The highest BCUT2D eigenvalue weighted by molar-refractivity contribution is 5.98. The molecule has 0 fully saturated rings. The van der Waals surface area contributed by atoms with Gasteiger partial charge in [0.25, 0.3) is 0 Å². The van der Waals surface area contributed by atoms with Crippen LogP contribution in [-0.2, 0) is 0 Å². The lowest BCUT2D eigenvalue weighted by molar-refractivity contribution is 0.460. The van der Waals surface area contributed by atoms with Crippen molar-refractivity contribution in [3.63, 3.8) is 0 Å². The molecular formula is C15H17N3O. The predicted molar refractivity (Wildman–Crippen MR) is 76.0 cm³/mol. The van der Waals surface area contributed by atoms with E-state index < -0.39 is 0 Å². The van der Waals surface area contributed by atoms with Gasteiger partial charge in [0.2, 0.25) is 5.88 Å². The van der Waals surface area contributed by atoms with Crippen molar-refractivity contribution in [2.45, 2.75) is 20.8 Å². The third-order valence-corrected chi connectivity index (χ3v) is 2.80. The number of pyridine rings is 1. The average molecular weight is 255 g/mol. The van der Waals surface area contributed by atoms with Gasteiger partial charge in [0.1, 0.15) is 11.6 Å². The minimum atomic E-state index is -0.0371. The van der Waals surface area contributed by atoms with Crippen LogP contribution in [0.15, 0.2) is 30.5 Å². The average Bonchev–Trinajstić information content (AvgIpc) is 2.26. The Morgan fingerprint density at radius 3 is 2.37 bits per heavy atom. The fraction of sp³-hybridized carbons (Fsp3) is 0.200. The molecule has 2 aromatic rings.